The zero-order chi connectivity index (χ0) is 9.54. The Balaban J connectivity index is 2.06. The minimum absolute atomic E-state index is 0.790. The maximum absolute atomic E-state index is 3.54. The van der Waals surface area contributed by atoms with Gasteiger partial charge in [-0.3, -0.25) is 0 Å². The minimum Gasteiger partial charge on any atom is -0.316 e. The second-order valence-corrected chi connectivity index (χ2v) is 4.86. The lowest BCUT2D eigenvalue weighted by Crippen LogP contribution is -2.39. The highest BCUT2D eigenvalue weighted by Crippen LogP contribution is 2.36. The van der Waals surface area contributed by atoms with Crippen LogP contribution in [0.3, 0.4) is 0 Å². The molecule has 1 heteroatoms. The molecular formula is C13H17N. The molecule has 1 heterocycles. The zero-order valence-corrected chi connectivity index (χ0v) is 8.72. The maximum Gasteiger partial charge on any atom is 0.00204 e. The summed E-state index contributed by atoms with van der Waals surface area (Å²) in [4.78, 5) is 0. The van der Waals surface area contributed by atoms with Gasteiger partial charge >= 0.3 is 0 Å². The molecule has 2 aliphatic rings. The summed E-state index contributed by atoms with van der Waals surface area (Å²) in [7, 11) is 0. The van der Waals surface area contributed by atoms with Gasteiger partial charge in [0.05, 0.1) is 0 Å². The van der Waals surface area contributed by atoms with E-state index in [-0.39, 0.29) is 0 Å². The van der Waals surface area contributed by atoms with Crippen LogP contribution < -0.4 is 5.32 Å². The molecule has 1 saturated heterocycles. The molecule has 1 nitrogen and oxygen atoms in total. The first-order chi connectivity index (χ1) is 6.83. The second kappa shape index (κ2) is 3.09. The van der Waals surface area contributed by atoms with Crippen molar-refractivity contribution in [1.82, 2.24) is 5.32 Å². The summed E-state index contributed by atoms with van der Waals surface area (Å²) in [5.74, 6) is 1.68. The van der Waals surface area contributed by atoms with Crippen molar-refractivity contribution < 1.29 is 0 Å². The second-order valence-electron chi connectivity index (χ2n) is 4.86. The molecule has 2 bridgehead atoms. The van der Waals surface area contributed by atoms with E-state index in [1.165, 1.54) is 31.5 Å². The summed E-state index contributed by atoms with van der Waals surface area (Å²) in [6.45, 7) is 4.61. The minimum atomic E-state index is 0.790. The molecule has 0 spiro atoms. The summed E-state index contributed by atoms with van der Waals surface area (Å²) < 4.78 is 0. The van der Waals surface area contributed by atoms with Gasteiger partial charge in [0.1, 0.15) is 0 Å². The van der Waals surface area contributed by atoms with Crippen molar-refractivity contribution in [3.05, 3.63) is 34.9 Å². The number of piperidine rings is 1. The number of aryl methyl sites for hydroxylation is 1. The third kappa shape index (κ3) is 1.27. The molecule has 1 aliphatic carbocycles. The summed E-state index contributed by atoms with van der Waals surface area (Å²) in [6, 6.07) is 6.99. The Morgan fingerprint density at radius 1 is 1.29 bits per heavy atom. The molecule has 1 N–H and O–H groups in total. The van der Waals surface area contributed by atoms with Crippen molar-refractivity contribution in [1.29, 1.82) is 0 Å². The predicted molar refractivity (Wildman–Crippen MR) is 58.6 cm³/mol. The molecule has 1 fully saturated rings. The van der Waals surface area contributed by atoms with Gasteiger partial charge in [-0.25, -0.2) is 0 Å². The van der Waals surface area contributed by atoms with E-state index in [0.29, 0.717) is 0 Å². The number of benzene rings is 1. The maximum atomic E-state index is 3.54. The van der Waals surface area contributed by atoms with E-state index in [4.69, 9.17) is 0 Å². The van der Waals surface area contributed by atoms with E-state index in [9.17, 15) is 0 Å². The van der Waals surface area contributed by atoms with Crippen LogP contribution in [0.25, 0.3) is 0 Å². The van der Waals surface area contributed by atoms with Gasteiger partial charge in [0.2, 0.25) is 0 Å². The van der Waals surface area contributed by atoms with Crippen LogP contribution in [0.2, 0.25) is 0 Å². The largest absolute Gasteiger partial charge is 0.316 e. The van der Waals surface area contributed by atoms with Crippen LogP contribution in [0.4, 0.5) is 0 Å². The lowest BCUT2D eigenvalue weighted by atomic mass is 9.74. The topological polar surface area (TPSA) is 12.0 Å². The van der Waals surface area contributed by atoms with Crippen LogP contribution in [-0.2, 0) is 6.42 Å². The van der Waals surface area contributed by atoms with Gasteiger partial charge in [0.25, 0.3) is 0 Å². The van der Waals surface area contributed by atoms with Crippen molar-refractivity contribution in [3.8, 4) is 0 Å². The molecule has 0 aromatic heterocycles. The first-order valence-corrected chi connectivity index (χ1v) is 5.63. The number of nitrogens with one attached hydrogen (secondary N) is 1. The average Bonchev–Trinajstić information content (AvgIpc) is 2.17. The fraction of sp³-hybridized carbons (Fsp3) is 0.538. The molecule has 2 unspecified atom stereocenters. The van der Waals surface area contributed by atoms with Crippen LogP contribution in [-0.4, -0.2) is 13.1 Å². The molecule has 1 aliphatic heterocycles. The Morgan fingerprint density at radius 2 is 2.21 bits per heavy atom. The van der Waals surface area contributed by atoms with Crippen molar-refractivity contribution in [3.63, 3.8) is 0 Å². The molecule has 1 aromatic rings. The molecule has 3 rings (SSSR count). The molecule has 14 heavy (non-hydrogen) atoms. The van der Waals surface area contributed by atoms with Gasteiger partial charge in [-0.1, -0.05) is 23.8 Å². The van der Waals surface area contributed by atoms with E-state index in [0.717, 1.165) is 11.8 Å². The Hall–Kier alpha value is -0.820. The third-order valence-electron chi connectivity index (χ3n) is 3.69. The standard InChI is InChI=1S/C13H17N/c1-9-2-3-13-11(4-9)5-10-6-12(13)8-14-7-10/h2-4,10,12,14H,5-8H2,1H3. The normalized spacial score (nSPS) is 29.8. The van der Waals surface area contributed by atoms with E-state index in [2.05, 4.69) is 30.4 Å². The Bertz CT molecular complexity index is 356. The number of rotatable bonds is 0. The van der Waals surface area contributed by atoms with E-state index in [1.54, 1.807) is 11.1 Å². The lowest BCUT2D eigenvalue weighted by Gasteiger charge is -2.36. The van der Waals surface area contributed by atoms with E-state index in [1.807, 2.05) is 0 Å². The van der Waals surface area contributed by atoms with Gasteiger partial charge in [-0.2, -0.15) is 0 Å². The molecule has 74 valence electrons. The van der Waals surface area contributed by atoms with Crippen molar-refractivity contribution in [2.45, 2.75) is 25.7 Å². The van der Waals surface area contributed by atoms with Gasteiger partial charge in [0.15, 0.2) is 0 Å². The molecule has 1 aromatic carbocycles. The van der Waals surface area contributed by atoms with E-state index >= 15 is 0 Å². The van der Waals surface area contributed by atoms with Crippen LogP contribution >= 0.6 is 0 Å². The average molecular weight is 187 g/mol. The fourth-order valence-electron chi connectivity index (χ4n) is 3.04. The van der Waals surface area contributed by atoms with Crippen LogP contribution in [0.15, 0.2) is 18.2 Å². The first kappa shape index (κ1) is 8.49. The lowest BCUT2D eigenvalue weighted by molar-refractivity contribution is 0.318. The van der Waals surface area contributed by atoms with Gasteiger partial charge in [-0.05, 0) is 49.3 Å². The van der Waals surface area contributed by atoms with Crippen molar-refractivity contribution in [2.24, 2.45) is 5.92 Å². The smallest absolute Gasteiger partial charge is 0.00204 e. The van der Waals surface area contributed by atoms with Crippen LogP contribution in [0.1, 0.15) is 29.0 Å². The highest BCUT2D eigenvalue weighted by molar-refractivity contribution is 5.37. The zero-order valence-electron chi connectivity index (χ0n) is 8.72. The third-order valence-corrected chi connectivity index (χ3v) is 3.69. The van der Waals surface area contributed by atoms with Gasteiger partial charge in [0, 0.05) is 6.54 Å². The molecule has 0 amide bonds. The van der Waals surface area contributed by atoms with Gasteiger partial charge < -0.3 is 5.32 Å². The SMILES string of the molecule is Cc1ccc2c(c1)CC1CNCC2C1. The van der Waals surface area contributed by atoms with Crippen LogP contribution in [0.5, 0.6) is 0 Å². The van der Waals surface area contributed by atoms with Crippen molar-refractivity contribution >= 4 is 0 Å². The Morgan fingerprint density at radius 3 is 3.14 bits per heavy atom. The quantitative estimate of drug-likeness (QED) is 0.657. The number of hydrogen-bond donors (Lipinski definition) is 1. The monoisotopic (exact) mass is 187 g/mol. The van der Waals surface area contributed by atoms with Crippen LogP contribution in [0, 0.1) is 12.8 Å². The number of hydrogen-bond acceptors (Lipinski definition) is 1. The predicted octanol–water partition coefficient (Wildman–Crippen LogP) is 2.24. The fourth-order valence-corrected chi connectivity index (χ4v) is 3.04. The highest BCUT2D eigenvalue weighted by Gasteiger charge is 2.29. The summed E-state index contributed by atoms with van der Waals surface area (Å²) in [5, 5.41) is 3.54. The number of fused-ring (bicyclic) bond motifs is 4. The summed E-state index contributed by atoms with van der Waals surface area (Å²) in [6.07, 6.45) is 2.70. The Kier molecular flexibility index (Phi) is 1.88. The summed E-state index contributed by atoms with van der Waals surface area (Å²) >= 11 is 0. The molecule has 0 saturated carbocycles. The molecule has 0 radical (unpaired) electrons. The Labute approximate surface area is 85.5 Å². The van der Waals surface area contributed by atoms with Gasteiger partial charge in [-0.15, -0.1) is 0 Å². The molecule has 2 atom stereocenters. The summed E-state index contributed by atoms with van der Waals surface area (Å²) in [5.41, 5.74) is 4.64. The highest BCUT2D eigenvalue weighted by atomic mass is 14.9. The van der Waals surface area contributed by atoms with E-state index < -0.39 is 0 Å². The first-order valence-electron chi connectivity index (χ1n) is 5.63. The molecular weight excluding hydrogens is 170 g/mol. The van der Waals surface area contributed by atoms with Crippen molar-refractivity contribution in [2.75, 3.05) is 13.1 Å².